The van der Waals surface area contributed by atoms with Gasteiger partial charge in [-0.3, -0.25) is 4.90 Å². The van der Waals surface area contributed by atoms with Crippen LogP contribution in [0.3, 0.4) is 0 Å². The molecule has 1 aromatic rings. The molecule has 0 aromatic heterocycles. The molecule has 128 valence electrons. The average molecular weight is 343 g/mol. The van der Waals surface area contributed by atoms with Gasteiger partial charge in [-0.15, -0.1) is 11.8 Å². The zero-order chi connectivity index (χ0) is 16.7. The molecule has 3 atom stereocenters. The van der Waals surface area contributed by atoms with Crippen LogP contribution in [0.1, 0.15) is 38.2 Å². The number of ether oxygens (including phenoxy) is 1. The fourth-order valence-corrected chi connectivity index (χ4v) is 5.63. The topological polar surface area (TPSA) is 29.5 Å². The molecular formula is C20H25NO2S. The molecule has 3 heterocycles. The van der Waals surface area contributed by atoms with Crippen molar-refractivity contribution in [3.63, 3.8) is 0 Å². The minimum absolute atomic E-state index is 0.154. The van der Waals surface area contributed by atoms with E-state index in [0.29, 0.717) is 11.3 Å². The molecule has 3 aliphatic rings. The van der Waals surface area contributed by atoms with Crippen LogP contribution in [0.2, 0.25) is 0 Å². The molecule has 0 amide bonds. The monoisotopic (exact) mass is 343 g/mol. The summed E-state index contributed by atoms with van der Waals surface area (Å²) in [5.41, 5.74) is 2.08. The Kier molecular flexibility index (Phi) is 4.21. The maximum atomic E-state index is 12.0. The van der Waals surface area contributed by atoms with Gasteiger partial charge in [-0.1, -0.05) is 24.1 Å². The number of nitrogens with zero attached hydrogens (tertiary/aromatic N) is 1. The van der Waals surface area contributed by atoms with Crippen LogP contribution in [0.25, 0.3) is 0 Å². The highest BCUT2D eigenvalue weighted by atomic mass is 32.2. The third-order valence-electron chi connectivity index (χ3n) is 5.70. The first-order chi connectivity index (χ1) is 11.5. The number of fused-ring (bicyclic) bond motifs is 3. The molecule has 1 unspecified atom stereocenters. The Morgan fingerprint density at radius 2 is 2.04 bits per heavy atom. The number of piperidine rings is 1. The summed E-state index contributed by atoms with van der Waals surface area (Å²) in [5.74, 6) is -0.154. The Hall–Kier alpha value is -1.26. The smallest absolute Gasteiger partial charge is 0.331 e. The standard InChI is InChI=1S/C20H25NO2S/c1-14-6-8-16(9-7-14)24-17-11-15-12-19(22)23-20(15,2)18-5-3-4-10-21(18)13-17/h6-9,12,17-18H,3-5,10-11,13H2,1-2H3/t17?,18-,20+/m1/s1. The van der Waals surface area contributed by atoms with E-state index >= 15 is 0 Å². The average Bonchev–Trinajstić information content (AvgIpc) is 2.79. The largest absolute Gasteiger partial charge is 0.450 e. The number of hydrogen-bond acceptors (Lipinski definition) is 4. The number of carbonyl (C=O) groups is 1. The van der Waals surface area contributed by atoms with Crippen molar-refractivity contribution < 1.29 is 9.53 Å². The summed E-state index contributed by atoms with van der Waals surface area (Å²) in [6.07, 6.45) is 6.32. The first-order valence-electron chi connectivity index (χ1n) is 8.96. The number of rotatable bonds is 2. The zero-order valence-electron chi connectivity index (χ0n) is 14.5. The Bertz CT molecular complexity index is 669. The van der Waals surface area contributed by atoms with Gasteiger partial charge in [-0.05, 0) is 57.4 Å². The minimum Gasteiger partial charge on any atom is -0.450 e. The molecule has 4 rings (SSSR count). The molecule has 0 spiro atoms. The molecule has 3 aliphatic heterocycles. The molecule has 24 heavy (non-hydrogen) atoms. The molecular weight excluding hydrogens is 318 g/mol. The van der Waals surface area contributed by atoms with Gasteiger partial charge in [0, 0.05) is 22.8 Å². The van der Waals surface area contributed by atoms with Crippen LogP contribution < -0.4 is 0 Å². The Morgan fingerprint density at radius 3 is 2.83 bits per heavy atom. The van der Waals surface area contributed by atoms with Gasteiger partial charge < -0.3 is 4.74 Å². The highest BCUT2D eigenvalue weighted by Crippen LogP contribution is 2.45. The van der Waals surface area contributed by atoms with Crippen molar-refractivity contribution in [1.82, 2.24) is 4.90 Å². The lowest BCUT2D eigenvalue weighted by Crippen LogP contribution is -2.53. The second-order valence-electron chi connectivity index (χ2n) is 7.46. The second kappa shape index (κ2) is 6.23. The number of esters is 1. The van der Waals surface area contributed by atoms with Gasteiger partial charge in [0.05, 0.1) is 6.04 Å². The predicted octanol–water partition coefficient (Wildman–Crippen LogP) is 3.96. The normalized spacial score (nSPS) is 33.2. The van der Waals surface area contributed by atoms with E-state index in [1.165, 1.54) is 28.9 Å². The summed E-state index contributed by atoms with van der Waals surface area (Å²) in [6.45, 7) is 6.45. The lowest BCUT2D eigenvalue weighted by Gasteiger charge is -2.43. The predicted molar refractivity (Wildman–Crippen MR) is 97.2 cm³/mol. The summed E-state index contributed by atoms with van der Waals surface area (Å²) in [6, 6.07) is 9.11. The molecule has 0 radical (unpaired) electrons. The lowest BCUT2D eigenvalue weighted by molar-refractivity contribution is -0.150. The van der Waals surface area contributed by atoms with E-state index in [-0.39, 0.29) is 5.97 Å². The molecule has 3 nitrogen and oxygen atoms in total. The van der Waals surface area contributed by atoms with Crippen LogP contribution in [0.4, 0.5) is 0 Å². The van der Waals surface area contributed by atoms with Gasteiger partial charge in [0.15, 0.2) is 0 Å². The fourth-order valence-electron chi connectivity index (χ4n) is 4.43. The number of benzene rings is 1. The van der Waals surface area contributed by atoms with Crippen LogP contribution in [-0.2, 0) is 9.53 Å². The summed E-state index contributed by atoms with van der Waals surface area (Å²) in [4.78, 5) is 15.9. The number of thioether (sulfide) groups is 1. The van der Waals surface area contributed by atoms with Crippen molar-refractivity contribution >= 4 is 17.7 Å². The first kappa shape index (κ1) is 16.2. The maximum Gasteiger partial charge on any atom is 0.331 e. The Morgan fingerprint density at radius 1 is 1.25 bits per heavy atom. The van der Waals surface area contributed by atoms with Gasteiger partial charge in [0.25, 0.3) is 0 Å². The Balaban J connectivity index is 1.61. The number of aryl methyl sites for hydroxylation is 1. The zero-order valence-corrected chi connectivity index (χ0v) is 15.3. The van der Waals surface area contributed by atoms with Crippen molar-refractivity contribution in [2.45, 2.75) is 61.3 Å². The summed E-state index contributed by atoms with van der Waals surface area (Å²) in [5, 5.41) is 0.468. The van der Waals surface area contributed by atoms with Crippen molar-refractivity contribution in [2.24, 2.45) is 0 Å². The maximum absolute atomic E-state index is 12.0. The molecule has 0 N–H and O–H groups in total. The molecule has 2 fully saturated rings. The van der Waals surface area contributed by atoms with E-state index < -0.39 is 5.60 Å². The third-order valence-corrected chi connectivity index (χ3v) is 6.89. The van der Waals surface area contributed by atoms with E-state index in [2.05, 4.69) is 43.0 Å². The van der Waals surface area contributed by atoms with Crippen LogP contribution in [-0.4, -0.2) is 40.9 Å². The minimum atomic E-state index is -0.417. The molecule has 1 aromatic carbocycles. The van der Waals surface area contributed by atoms with Crippen molar-refractivity contribution in [3.8, 4) is 0 Å². The van der Waals surface area contributed by atoms with E-state index in [1.54, 1.807) is 6.08 Å². The van der Waals surface area contributed by atoms with Crippen LogP contribution >= 0.6 is 11.8 Å². The van der Waals surface area contributed by atoms with Crippen LogP contribution in [0.5, 0.6) is 0 Å². The summed E-state index contributed by atoms with van der Waals surface area (Å²) in [7, 11) is 0. The number of hydrogen-bond donors (Lipinski definition) is 0. The van der Waals surface area contributed by atoms with Crippen molar-refractivity contribution in [3.05, 3.63) is 41.5 Å². The van der Waals surface area contributed by atoms with Gasteiger partial charge in [-0.2, -0.15) is 0 Å². The molecule has 0 saturated carbocycles. The molecule has 2 saturated heterocycles. The highest BCUT2D eigenvalue weighted by molar-refractivity contribution is 8.00. The molecule has 0 aliphatic carbocycles. The Labute approximate surface area is 148 Å². The molecule has 4 heteroatoms. The van der Waals surface area contributed by atoms with Crippen molar-refractivity contribution in [2.75, 3.05) is 13.1 Å². The fraction of sp³-hybridized carbons (Fsp3) is 0.550. The van der Waals surface area contributed by atoms with Gasteiger partial charge in [0.1, 0.15) is 5.60 Å². The van der Waals surface area contributed by atoms with Gasteiger partial charge in [-0.25, -0.2) is 4.79 Å². The first-order valence-corrected chi connectivity index (χ1v) is 9.84. The van der Waals surface area contributed by atoms with E-state index in [4.69, 9.17) is 4.74 Å². The molecule has 0 bridgehead atoms. The lowest BCUT2D eigenvalue weighted by atomic mass is 9.83. The SMILES string of the molecule is Cc1ccc(SC2CC3=CC(=O)O[C@]3(C)[C@H]3CCCCN3C2)cc1. The van der Waals surface area contributed by atoms with Gasteiger partial charge >= 0.3 is 5.97 Å². The summed E-state index contributed by atoms with van der Waals surface area (Å²) < 4.78 is 5.83. The number of carbonyl (C=O) groups excluding carboxylic acids is 1. The van der Waals surface area contributed by atoms with Crippen molar-refractivity contribution in [1.29, 1.82) is 0 Å². The van der Waals surface area contributed by atoms with Crippen LogP contribution in [0, 0.1) is 6.92 Å². The summed E-state index contributed by atoms with van der Waals surface area (Å²) >= 11 is 1.94. The second-order valence-corrected chi connectivity index (χ2v) is 8.84. The quantitative estimate of drug-likeness (QED) is 0.760. The third kappa shape index (κ3) is 2.91. The van der Waals surface area contributed by atoms with E-state index in [9.17, 15) is 4.79 Å². The highest BCUT2D eigenvalue weighted by Gasteiger charge is 2.51. The van der Waals surface area contributed by atoms with Gasteiger partial charge in [0.2, 0.25) is 0 Å². The van der Waals surface area contributed by atoms with E-state index in [0.717, 1.165) is 25.9 Å². The van der Waals surface area contributed by atoms with Crippen LogP contribution in [0.15, 0.2) is 40.8 Å². The van der Waals surface area contributed by atoms with E-state index in [1.807, 2.05) is 11.8 Å².